The molecule has 0 aromatic carbocycles. The van der Waals surface area contributed by atoms with Gasteiger partial charge in [-0.15, -0.1) is 0 Å². The molecule has 0 aromatic rings. The number of hydrogen-bond acceptors (Lipinski definition) is 4. The largest absolute Gasteiger partial charge is 0.390 e. The number of aliphatic hydroxyl groups is 1. The summed E-state index contributed by atoms with van der Waals surface area (Å²) in [6, 6.07) is 0.407. The summed E-state index contributed by atoms with van der Waals surface area (Å²) in [5.41, 5.74) is 0. The van der Waals surface area contributed by atoms with Crippen molar-refractivity contribution in [1.29, 1.82) is 0 Å². The van der Waals surface area contributed by atoms with Crippen LogP contribution in [0.15, 0.2) is 0 Å². The second-order valence-electron chi connectivity index (χ2n) is 6.45. The van der Waals surface area contributed by atoms with Gasteiger partial charge in [-0.2, -0.15) is 0 Å². The Balaban J connectivity index is 1.73. The normalized spacial score (nSPS) is 33.5. The Bertz CT molecular complexity index is 267. The molecular weight excluding hydrogens is 240 g/mol. The van der Waals surface area contributed by atoms with Crippen LogP contribution in [0.2, 0.25) is 0 Å². The second kappa shape index (κ2) is 7.02. The van der Waals surface area contributed by atoms with Crippen LogP contribution in [0.3, 0.4) is 0 Å². The summed E-state index contributed by atoms with van der Waals surface area (Å²) in [5, 5.41) is 10.3. The van der Waals surface area contributed by atoms with E-state index in [1.54, 1.807) is 0 Å². The predicted octanol–water partition coefficient (Wildman–Crippen LogP) is 1.19. The molecule has 1 N–H and O–H groups in total. The lowest BCUT2D eigenvalue weighted by Gasteiger charge is -2.39. The van der Waals surface area contributed by atoms with Gasteiger partial charge in [0.05, 0.1) is 18.8 Å². The van der Waals surface area contributed by atoms with Crippen molar-refractivity contribution in [2.45, 2.75) is 51.9 Å². The zero-order valence-corrected chi connectivity index (χ0v) is 12.7. The van der Waals surface area contributed by atoms with E-state index in [4.69, 9.17) is 4.74 Å². The first-order chi connectivity index (χ1) is 9.06. The van der Waals surface area contributed by atoms with Crippen molar-refractivity contribution >= 4 is 0 Å². The topological polar surface area (TPSA) is 35.9 Å². The number of morpholine rings is 1. The maximum absolute atomic E-state index is 10.3. The number of hydrogen-bond donors (Lipinski definition) is 1. The molecule has 3 atom stereocenters. The van der Waals surface area contributed by atoms with E-state index < -0.39 is 0 Å². The van der Waals surface area contributed by atoms with Crippen LogP contribution in [-0.4, -0.2) is 72.5 Å². The molecule has 0 amide bonds. The summed E-state index contributed by atoms with van der Waals surface area (Å²) in [4.78, 5) is 4.78. The van der Waals surface area contributed by atoms with Crippen molar-refractivity contribution < 1.29 is 9.84 Å². The molecule has 112 valence electrons. The van der Waals surface area contributed by atoms with Gasteiger partial charge in [-0.25, -0.2) is 0 Å². The highest BCUT2D eigenvalue weighted by molar-refractivity contribution is 4.81. The molecule has 0 spiro atoms. The summed E-state index contributed by atoms with van der Waals surface area (Å²) in [6.45, 7) is 12.3. The van der Waals surface area contributed by atoms with E-state index in [-0.39, 0.29) is 12.2 Å². The number of β-amino-alcohol motifs (C(OH)–C–C–N with tert-alkyl or cyclic N) is 1. The van der Waals surface area contributed by atoms with E-state index in [9.17, 15) is 5.11 Å². The first-order valence-electron chi connectivity index (χ1n) is 7.82. The van der Waals surface area contributed by atoms with Crippen molar-refractivity contribution in [2.24, 2.45) is 5.92 Å². The third kappa shape index (κ3) is 4.42. The Morgan fingerprint density at radius 2 is 1.79 bits per heavy atom. The maximum Gasteiger partial charge on any atom is 0.0793 e. The van der Waals surface area contributed by atoms with Crippen molar-refractivity contribution in [1.82, 2.24) is 9.80 Å². The molecule has 2 saturated heterocycles. The second-order valence-corrected chi connectivity index (χ2v) is 6.45. The predicted molar refractivity (Wildman–Crippen MR) is 77.3 cm³/mol. The first kappa shape index (κ1) is 15.2. The molecule has 0 aromatic heterocycles. The molecule has 2 aliphatic rings. The fraction of sp³-hybridized carbons (Fsp3) is 1.00. The molecule has 4 heteroatoms. The van der Waals surface area contributed by atoms with Crippen molar-refractivity contribution in [2.75, 3.05) is 39.3 Å². The number of piperidine rings is 1. The Hall–Kier alpha value is -0.160. The monoisotopic (exact) mass is 270 g/mol. The maximum atomic E-state index is 10.3. The van der Waals surface area contributed by atoms with Crippen LogP contribution >= 0.6 is 0 Å². The summed E-state index contributed by atoms with van der Waals surface area (Å²) in [5.74, 6) is 0.855. The van der Waals surface area contributed by atoms with E-state index in [0.717, 1.165) is 45.2 Å². The van der Waals surface area contributed by atoms with Crippen LogP contribution in [0.25, 0.3) is 0 Å². The van der Waals surface area contributed by atoms with Gasteiger partial charge in [0.2, 0.25) is 0 Å². The molecule has 2 fully saturated rings. The van der Waals surface area contributed by atoms with Gasteiger partial charge in [-0.3, -0.25) is 4.90 Å². The van der Waals surface area contributed by atoms with Crippen LogP contribution in [0.1, 0.15) is 33.6 Å². The Morgan fingerprint density at radius 1 is 1.11 bits per heavy atom. The van der Waals surface area contributed by atoms with Crippen LogP contribution in [-0.2, 0) is 4.74 Å². The molecule has 2 heterocycles. The van der Waals surface area contributed by atoms with Gasteiger partial charge >= 0.3 is 0 Å². The summed E-state index contributed by atoms with van der Waals surface area (Å²) >= 11 is 0. The van der Waals surface area contributed by atoms with Crippen LogP contribution in [0, 0.1) is 5.92 Å². The SMILES string of the molecule is CC1CCN(CC(O)CN2CCOC(C)C2C)CC1. The molecule has 19 heavy (non-hydrogen) atoms. The Morgan fingerprint density at radius 3 is 2.47 bits per heavy atom. The third-order valence-corrected chi connectivity index (χ3v) is 4.81. The van der Waals surface area contributed by atoms with Gasteiger partial charge in [0, 0.05) is 25.7 Å². The molecule has 3 unspecified atom stereocenters. The molecule has 4 nitrogen and oxygen atoms in total. The molecule has 2 aliphatic heterocycles. The fourth-order valence-electron chi connectivity index (χ4n) is 3.12. The van der Waals surface area contributed by atoms with E-state index >= 15 is 0 Å². The zero-order chi connectivity index (χ0) is 13.8. The van der Waals surface area contributed by atoms with Gasteiger partial charge in [0.25, 0.3) is 0 Å². The lowest BCUT2D eigenvalue weighted by molar-refractivity contribution is -0.0697. The van der Waals surface area contributed by atoms with Crippen LogP contribution in [0.5, 0.6) is 0 Å². The fourth-order valence-corrected chi connectivity index (χ4v) is 3.12. The molecule has 2 rings (SSSR count). The minimum Gasteiger partial charge on any atom is -0.390 e. The van der Waals surface area contributed by atoms with Gasteiger partial charge in [0.15, 0.2) is 0 Å². The summed E-state index contributed by atoms with van der Waals surface area (Å²) in [6.07, 6.45) is 2.59. The van der Waals surface area contributed by atoms with Crippen molar-refractivity contribution in [3.63, 3.8) is 0 Å². The van der Waals surface area contributed by atoms with E-state index in [1.807, 2.05) is 0 Å². The average Bonchev–Trinajstić information content (AvgIpc) is 2.38. The molecule has 0 bridgehead atoms. The highest BCUT2D eigenvalue weighted by Gasteiger charge is 2.27. The zero-order valence-electron chi connectivity index (χ0n) is 12.7. The Labute approximate surface area is 117 Å². The molecule has 0 aliphatic carbocycles. The van der Waals surface area contributed by atoms with E-state index in [1.165, 1.54) is 12.8 Å². The van der Waals surface area contributed by atoms with E-state index in [2.05, 4.69) is 30.6 Å². The highest BCUT2D eigenvalue weighted by atomic mass is 16.5. The van der Waals surface area contributed by atoms with Crippen LogP contribution < -0.4 is 0 Å². The number of likely N-dealkylation sites (tertiary alicyclic amines) is 1. The van der Waals surface area contributed by atoms with Gasteiger partial charge < -0.3 is 14.7 Å². The summed E-state index contributed by atoms with van der Waals surface area (Å²) < 4.78 is 5.63. The van der Waals surface area contributed by atoms with Gasteiger partial charge in [-0.1, -0.05) is 6.92 Å². The van der Waals surface area contributed by atoms with Gasteiger partial charge in [-0.05, 0) is 45.7 Å². The summed E-state index contributed by atoms with van der Waals surface area (Å²) in [7, 11) is 0. The number of nitrogens with zero attached hydrogens (tertiary/aromatic N) is 2. The smallest absolute Gasteiger partial charge is 0.0793 e. The number of ether oxygens (including phenoxy) is 1. The molecular formula is C15H30N2O2. The lowest BCUT2D eigenvalue weighted by atomic mass is 9.99. The van der Waals surface area contributed by atoms with Crippen molar-refractivity contribution in [3.05, 3.63) is 0 Å². The lowest BCUT2D eigenvalue weighted by Crippen LogP contribution is -2.52. The van der Waals surface area contributed by atoms with Gasteiger partial charge in [0.1, 0.15) is 0 Å². The average molecular weight is 270 g/mol. The standard InChI is InChI=1S/C15H30N2O2/c1-12-4-6-16(7-5-12)10-15(18)11-17-8-9-19-14(3)13(17)2/h12-15,18H,4-11H2,1-3H3. The third-order valence-electron chi connectivity index (χ3n) is 4.81. The quantitative estimate of drug-likeness (QED) is 0.832. The molecule has 0 saturated carbocycles. The van der Waals surface area contributed by atoms with Crippen molar-refractivity contribution in [3.8, 4) is 0 Å². The number of rotatable bonds is 4. The minimum atomic E-state index is -0.235. The number of aliphatic hydroxyl groups excluding tert-OH is 1. The van der Waals surface area contributed by atoms with Crippen LogP contribution in [0.4, 0.5) is 0 Å². The Kier molecular flexibility index (Phi) is 5.63. The molecule has 0 radical (unpaired) electrons. The van der Waals surface area contributed by atoms with E-state index in [0.29, 0.717) is 6.04 Å². The highest BCUT2D eigenvalue weighted by Crippen LogP contribution is 2.17. The minimum absolute atomic E-state index is 0.235. The first-order valence-corrected chi connectivity index (χ1v) is 7.82.